The molecule has 1 unspecified atom stereocenters. The van der Waals surface area contributed by atoms with Gasteiger partial charge in [0.05, 0.1) is 11.8 Å². The highest BCUT2D eigenvalue weighted by Gasteiger charge is 2.23. The Balaban J connectivity index is 1.75. The van der Waals surface area contributed by atoms with Crippen molar-refractivity contribution in [3.05, 3.63) is 17.5 Å². The first-order valence-electron chi connectivity index (χ1n) is 6.83. The second kappa shape index (κ2) is 5.85. The normalized spacial score (nSPS) is 19.5. The molecule has 108 valence electrons. The van der Waals surface area contributed by atoms with E-state index in [2.05, 4.69) is 25.4 Å². The Hall–Kier alpha value is -1.53. The van der Waals surface area contributed by atoms with Crippen LogP contribution < -0.4 is 10.2 Å². The molecule has 0 aliphatic carbocycles. The molecule has 0 saturated carbocycles. The van der Waals surface area contributed by atoms with Gasteiger partial charge >= 0.3 is 0 Å². The molecule has 1 atom stereocenters. The zero-order chi connectivity index (χ0) is 13.9. The molecule has 1 aliphatic heterocycles. The number of nitrogens with one attached hydrogen (secondary N) is 2. The van der Waals surface area contributed by atoms with Gasteiger partial charge in [-0.1, -0.05) is 0 Å². The Labute approximate surface area is 122 Å². The number of halogens is 1. The highest BCUT2D eigenvalue weighted by molar-refractivity contribution is 6.31. The summed E-state index contributed by atoms with van der Waals surface area (Å²) in [5, 5.41) is 10.8. The molecule has 2 aromatic heterocycles. The van der Waals surface area contributed by atoms with Crippen molar-refractivity contribution >= 4 is 17.5 Å². The Morgan fingerprint density at radius 2 is 2.50 bits per heavy atom. The van der Waals surface area contributed by atoms with E-state index in [1.165, 1.54) is 12.8 Å². The topological polar surface area (TPSA) is 70.0 Å². The van der Waals surface area contributed by atoms with E-state index in [0.29, 0.717) is 17.0 Å². The van der Waals surface area contributed by atoms with E-state index in [0.717, 1.165) is 31.1 Å². The summed E-state index contributed by atoms with van der Waals surface area (Å²) in [4.78, 5) is 6.75. The second-order valence-electron chi connectivity index (χ2n) is 5.10. The summed E-state index contributed by atoms with van der Waals surface area (Å²) in [5.74, 6) is 2.03. The number of H-pyrrole nitrogens is 1. The highest BCUT2D eigenvalue weighted by atomic mass is 35.5. The van der Waals surface area contributed by atoms with Crippen molar-refractivity contribution < 1.29 is 4.42 Å². The molecule has 0 amide bonds. The molecule has 1 fully saturated rings. The Bertz CT molecular complexity index is 565. The standard InChI is InChI=1S/C13H18ClN5O/c1-15-7-9-3-2-5-19(8-9)13-16-12(17-18-13)10-4-6-20-11(10)14/h4,6,9,15H,2-3,5,7-8H2,1H3,(H,16,17,18). The number of aromatic nitrogens is 3. The number of rotatable bonds is 4. The van der Waals surface area contributed by atoms with E-state index < -0.39 is 0 Å². The molecule has 0 bridgehead atoms. The molecular weight excluding hydrogens is 278 g/mol. The predicted molar refractivity (Wildman–Crippen MR) is 78.0 cm³/mol. The molecular formula is C13H18ClN5O. The van der Waals surface area contributed by atoms with Crippen LogP contribution in [0.25, 0.3) is 11.4 Å². The lowest BCUT2D eigenvalue weighted by atomic mass is 9.98. The second-order valence-corrected chi connectivity index (χ2v) is 5.45. The van der Waals surface area contributed by atoms with Crippen LogP contribution in [0.15, 0.2) is 16.7 Å². The zero-order valence-electron chi connectivity index (χ0n) is 11.4. The van der Waals surface area contributed by atoms with E-state index in [1.54, 1.807) is 12.3 Å². The van der Waals surface area contributed by atoms with Crippen molar-refractivity contribution in [3.63, 3.8) is 0 Å². The van der Waals surface area contributed by atoms with Crippen LogP contribution in [-0.4, -0.2) is 41.9 Å². The fourth-order valence-corrected chi connectivity index (χ4v) is 2.88. The summed E-state index contributed by atoms with van der Waals surface area (Å²) in [6, 6.07) is 1.78. The predicted octanol–water partition coefficient (Wildman–Crippen LogP) is 2.15. The first-order chi connectivity index (χ1) is 9.78. The molecule has 1 aliphatic rings. The lowest BCUT2D eigenvalue weighted by Gasteiger charge is -2.31. The highest BCUT2D eigenvalue weighted by Crippen LogP contribution is 2.28. The minimum Gasteiger partial charge on any atom is -0.452 e. The van der Waals surface area contributed by atoms with Gasteiger partial charge in [-0.05, 0) is 50.0 Å². The molecule has 6 nitrogen and oxygen atoms in total. The van der Waals surface area contributed by atoms with E-state index in [-0.39, 0.29) is 0 Å². The van der Waals surface area contributed by atoms with Crippen LogP contribution in [0.2, 0.25) is 5.22 Å². The number of furan rings is 1. The Kier molecular flexibility index (Phi) is 3.93. The molecule has 0 spiro atoms. The molecule has 3 rings (SSSR count). The van der Waals surface area contributed by atoms with E-state index in [9.17, 15) is 0 Å². The minimum absolute atomic E-state index is 0.333. The van der Waals surface area contributed by atoms with E-state index >= 15 is 0 Å². The van der Waals surface area contributed by atoms with Crippen molar-refractivity contribution in [1.82, 2.24) is 20.5 Å². The maximum Gasteiger partial charge on any atom is 0.245 e. The van der Waals surface area contributed by atoms with Crippen molar-refractivity contribution in [2.24, 2.45) is 5.92 Å². The fourth-order valence-electron chi connectivity index (χ4n) is 2.68. The lowest BCUT2D eigenvalue weighted by Crippen LogP contribution is -2.39. The largest absolute Gasteiger partial charge is 0.452 e. The van der Waals surface area contributed by atoms with Crippen LogP contribution in [0.5, 0.6) is 0 Å². The summed E-state index contributed by atoms with van der Waals surface area (Å²) < 4.78 is 5.08. The summed E-state index contributed by atoms with van der Waals surface area (Å²) in [6.45, 7) is 3.01. The lowest BCUT2D eigenvalue weighted by molar-refractivity contribution is 0.399. The van der Waals surface area contributed by atoms with Gasteiger partial charge in [0.2, 0.25) is 11.2 Å². The monoisotopic (exact) mass is 295 g/mol. The average molecular weight is 296 g/mol. The van der Waals surface area contributed by atoms with Crippen LogP contribution >= 0.6 is 11.6 Å². The molecule has 7 heteroatoms. The van der Waals surface area contributed by atoms with Crippen molar-refractivity contribution in [3.8, 4) is 11.4 Å². The third-order valence-corrected chi connectivity index (χ3v) is 3.93. The Morgan fingerprint density at radius 3 is 3.25 bits per heavy atom. The quantitative estimate of drug-likeness (QED) is 0.904. The number of aromatic amines is 1. The first-order valence-corrected chi connectivity index (χ1v) is 7.21. The van der Waals surface area contributed by atoms with Gasteiger partial charge < -0.3 is 14.6 Å². The van der Waals surface area contributed by atoms with Crippen LogP contribution in [0, 0.1) is 5.92 Å². The van der Waals surface area contributed by atoms with Crippen molar-refractivity contribution in [1.29, 1.82) is 0 Å². The van der Waals surface area contributed by atoms with Gasteiger partial charge in [-0.15, -0.1) is 5.10 Å². The van der Waals surface area contributed by atoms with Gasteiger partial charge in [-0.3, -0.25) is 5.10 Å². The van der Waals surface area contributed by atoms with Gasteiger partial charge in [-0.2, -0.15) is 4.98 Å². The molecule has 20 heavy (non-hydrogen) atoms. The average Bonchev–Trinajstić information content (AvgIpc) is 3.08. The first kappa shape index (κ1) is 13.5. The Morgan fingerprint density at radius 1 is 1.60 bits per heavy atom. The van der Waals surface area contributed by atoms with Crippen LogP contribution in [0.1, 0.15) is 12.8 Å². The van der Waals surface area contributed by atoms with Crippen molar-refractivity contribution in [2.45, 2.75) is 12.8 Å². The van der Waals surface area contributed by atoms with Gasteiger partial charge in [0.15, 0.2) is 5.82 Å². The van der Waals surface area contributed by atoms with Gasteiger partial charge in [0.25, 0.3) is 0 Å². The van der Waals surface area contributed by atoms with Gasteiger partial charge in [0.1, 0.15) is 0 Å². The van der Waals surface area contributed by atoms with E-state index in [4.69, 9.17) is 16.0 Å². The number of anilines is 1. The van der Waals surface area contributed by atoms with Crippen LogP contribution in [0.4, 0.5) is 5.95 Å². The third-order valence-electron chi connectivity index (χ3n) is 3.64. The zero-order valence-corrected chi connectivity index (χ0v) is 12.2. The SMILES string of the molecule is CNCC1CCCN(c2n[nH]c(-c3ccoc3Cl)n2)C1. The smallest absolute Gasteiger partial charge is 0.245 e. The molecule has 0 aromatic carbocycles. The third kappa shape index (κ3) is 2.66. The van der Waals surface area contributed by atoms with Gasteiger partial charge in [0, 0.05) is 13.1 Å². The number of hydrogen-bond acceptors (Lipinski definition) is 5. The molecule has 3 heterocycles. The number of piperidine rings is 1. The number of nitrogens with zero attached hydrogens (tertiary/aromatic N) is 3. The van der Waals surface area contributed by atoms with Gasteiger partial charge in [-0.25, -0.2) is 0 Å². The molecule has 2 aromatic rings. The van der Waals surface area contributed by atoms with Crippen molar-refractivity contribution in [2.75, 3.05) is 31.6 Å². The van der Waals surface area contributed by atoms with Crippen LogP contribution in [-0.2, 0) is 0 Å². The van der Waals surface area contributed by atoms with Crippen LogP contribution in [0.3, 0.4) is 0 Å². The minimum atomic E-state index is 0.333. The fraction of sp³-hybridized carbons (Fsp3) is 0.538. The maximum absolute atomic E-state index is 5.96. The summed E-state index contributed by atoms with van der Waals surface area (Å²) >= 11 is 5.96. The molecule has 2 N–H and O–H groups in total. The summed E-state index contributed by atoms with van der Waals surface area (Å²) in [7, 11) is 1.99. The molecule has 1 saturated heterocycles. The van der Waals surface area contributed by atoms with E-state index in [1.807, 2.05) is 7.05 Å². The summed E-state index contributed by atoms with van der Waals surface area (Å²) in [6.07, 6.45) is 3.97. The maximum atomic E-state index is 5.96. The molecule has 0 radical (unpaired) electrons. The number of hydrogen-bond donors (Lipinski definition) is 2. The summed E-state index contributed by atoms with van der Waals surface area (Å²) in [5.41, 5.74) is 0.745.